The topological polar surface area (TPSA) is 57.0 Å². The minimum Gasteiger partial charge on any atom is -0.465 e. The van der Waals surface area contributed by atoms with Crippen LogP contribution in [0.5, 0.6) is 0 Å². The van der Waals surface area contributed by atoms with Crippen LogP contribution in [0, 0.1) is 0 Å². The number of hydrogen-bond acceptors (Lipinski definition) is 4. The van der Waals surface area contributed by atoms with Gasteiger partial charge in [-0.15, -0.1) is 0 Å². The van der Waals surface area contributed by atoms with Crippen LogP contribution in [0.4, 0.5) is 0 Å². The molecule has 0 unspecified atom stereocenters. The number of nitrogens with zero attached hydrogens (tertiary/aromatic N) is 3. The van der Waals surface area contributed by atoms with E-state index < -0.39 is 0 Å². The summed E-state index contributed by atoms with van der Waals surface area (Å²) in [4.78, 5) is 16.2. The van der Waals surface area contributed by atoms with Gasteiger partial charge in [-0.1, -0.05) is 47.6 Å². The van der Waals surface area contributed by atoms with Gasteiger partial charge in [0.25, 0.3) is 0 Å². The minimum absolute atomic E-state index is 0.339. The monoisotopic (exact) mass is 383 g/mol. The average Bonchev–Trinajstić information content (AvgIpc) is 3.53. The summed E-state index contributed by atoms with van der Waals surface area (Å²) < 4.78 is 6.75. The lowest BCUT2D eigenvalue weighted by molar-refractivity contribution is 0.0601. The third kappa shape index (κ3) is 5.65. The van der Waals surface area contributed by atoms with E-state index in [1.807, 2.05) is 76.7 Å². The van der Waals surface area contributed by atoms with E-state index in [2.05, 4.69) is 10.1 Å². The Morgan fingerprint density at radius 3 is 2.25 bits per heavy atom. The van der Waals surface area contributed by atoms with Crippen LogP contribution in [0.3, 0.4) is 0 Å². The number of aromatic nitrogens is 3. The highest BCUT2D eigenvalue weighted by Crippen LogP contribution is 2.34. The van der Waals surface area contributed by atoms with Gasteiger partial charge in [0.15, 0.2) is 0 Å². The van der Waals surface area contributed by atoms with Crippen molar-refractivity contribution in [2.24, 2.45) is 0 Å². The zero-order valence-corrected chi connectivity index (χ0v) is 18.2. The smallest absolute Gasteiger partial charge is 0.337 e. The molecule has 0 spiro atoms. The molecule has 1 aliphatic carbocycles. The van der Waals surface area contributed by atoms with Crippen LogP contribution in [0.15, 0.2) is 42.6 Å². The Labute approximate surface area is 168 Å². The van der Waals surface area contributed by atoms with E-state index in [1.54, 1.807) is 12.1 Å². The van der Waals surface area contributed by atoms with Gasteiger partial charge in [0.05, 0.1) is 29.9 Å². The van der Waals surface area contributed by atoms with Gasteiger partial charge in [-0.25, -0.2) is 9.78 Å². The van der Waals surface area contributed by atoms with Crippen LogP contribution in [0.1, 0.15) is 70.8 Å². The number of hydrogen-bond donors (Lipinski definition) is 0. The molecular weight excluding hydrogens is 350 g/mol. The van der Waals surface area contributed by atoms with Gasteiger partial charge >= 0.3 is 5.97 Å². The van der Waals surface area contributed by atoms with Crippen molar-refractivity contribution in [1.29, 1.82) is 0 Å². The molecule has 152 valence electrons. The van der Waals surface area contributed by atoms with Crippen LogP contribution < -0.4 is 0 Å². The molecule has 28 heavy (non-hydrogen) atoms. The second-order valence-electron chi connectivity index (χ2n) is 5.51. The van der Waals surface area contributed by atoms with E-state index in [4.69, 9.17) is 4.74 Å². The van der Waals surface area contributed by atoms with Crippen molar-refractivity contribution < 1.29 is 9.53 Å². The molecule has 0 amide bonds. The predicted octanol–water partition coefficient (Wildman–Crippen LogP) is 6.30. The zero-order chi connectivity index (χ0) is 21.1. The fourth-order valence-electron chi connectivity index (χ4n) is 2.53. The summed E-state index contributed by atoms with van der Waals surface area (Å²) in [6.45, 7) is 12.0. The largest absolute Gasteiger partial charge is 0.465 e. The molecule has 0 aliphatic heterocycles. The first kappa shape index (κ1) is 23.3. The van der Waals surface area contributed by atoms with Crippen molar-refractivity contribution in [2.75, 3.05) is 7.11 Å². The van der Waals surface area contributed by atoms with Crippen LogP contribution in [-0.2, 0) is 4.74 Å². The summed E-state index contributed by atoms with van der Waals surface area (Å²) in [5.74, 6) is -0.339. The lowest BCUT2D eigenvalue weighted by atomic mass is 10.1. The molecule has 3 aromatic rings. The van der Waals surface area contributed by atoms with Gasteiger partial charge in [0.2, 0.25) is 0 Å². The molecule has 0 saturated heterocycles. The molecule has 5 heteroatoms. The lowest BCUT2D eigenvalue weighted by Gasteiger charge is -2.03. The molecule has 5 nitrogen and oxygen atoms in total. The maximum atomic E-state index is 11.6. The number of ether oxygens (including phenoxy) is 1. The number of carbonyl (C=O) groups excluding carboxylic acids is 1. The number of methoxy groups -OCH3 is 1. The molecule has 1 aromatic carbocycles. The fraction of sp³-hybridized carbons (Fsp3) is 0.435. The summed E-state index contributed by atoms with van der Waals surface area (Å²) in [6, 6.07) is 11.8. The van der Waals surface area contributed by atoms with Gasteiger partial charge in [-0.05, 0) is 43.2 Å². The molecule has 0 N–H and O–H groups in total. The average molecular weight is 384 g/mol. The van der Waals surface area contributed by atoms with Crippen molar-refractivity contribution in [3.8, 4) is 11.4 Å². The lowest BCUT2D eigenvalue weighted by Crippen LogP contribution is -2.00. The second kappa shape index (κ2) is 11.9. The molecule has 0 atom stereocenters. The summed E-state index contributed by atoms with van der Waals surface area (Å²) >= 11 is 0. The van der Waals surface area contributed by atoms with E-state index in [0.717, 1.165) is 22.3 Å². The summed E-state index contributed by atoms with van der Waals surface area (Å²) in [7, 11) is 1.38. The number of pyridine rings is 1. The predicted molar refractivity (Wildman–Crippen MR) is 117 cm³/mol. The molecular formula is C23H33N3O2. The van der Waals surface area contributed by atoms with Gasteiger partial charge in [0, 0.05) is 11.6 Å². The Kier molecular flexibility index (Phi) is 9.93. The third-order valence-electron chi connectivity index (χ3n) is 3.90. The number of carbonyl (C=O) groups is 1. The number of benzene rings is 1. The first-order valence-corrected chi connectivity index (χ1v) is 10.3. The highest BCUT2D eigenvalue weighted by Gasteiger charge is 2.24. The van der Waals surface area contributed by atoms with E-state index in [0.29, 0.717) is 11.6 Å². The van der Waals surface area contributed by atoms with Gasteiger partial charge in [-0.3, -0.25) is 4.68 Å². The first-order chi connectivity index (χ1) is 13.7. The van der Waals surface area contributed by atoms with E-state index in [9.17, 15) is 4.79 Å². The standard InChI is InChI=1S/C17H15N3O2.3C2H6/c1-22-17(21)12-3-6-14-11(10-12)2-7-15(18-14)16-8-9-20(19-16)13-4-5-13;3*1-2/h2-3,6-10,13H,4-5H2,1H3;3*1-2H3. The van der Waals surface area contributed by atoms with E-state index in [-0.39, 0.29) is 5.97 Å². The molecule has 1 aliphatic rings. The van der Waals surface area contributed by atoms with Crippen molar-refractivity contribution in [1.82, 2.24) is 14.8 Å². The van der Waals surface area contributed by atoms with Crippen LogP contribution in [0.25, 0.3) is 22.3 Å². The molecule has 2 heterocycles. The summed E-state index contributed by atoms with van der Waals surface area (Å²) in [5.41, 5.74) is 3.09. The Bertz CT molecular complexity index is 867. The van der Waals surface area contributed by atoms with Gasteiger partial charge in [-0.2, -0.15) is 5.10 Å². The second-order valence-corrected chi connectivity index (χ2v) is 5.51. The SMILES string of the molecule is CC.CC.CC.COC(=O)c1ccc2nc(-c3ccn(C4CC4)n3)ccc2c1. The van der Waals surface area contributed by atoms with Crippen molar-refractivity contribution in [2.45, 2.75) is 60.4 Å². The third-order valence-corrected chi connectivity index (χ3v) is 3.90. The van der Waals surface area contributed by atoms with Crippen LogP contribution in [0.2, 0.25) is 0 Å². The highest BCUT2D eigenvalue weighted by molar-refractivity contribution is 5.94. The number of esters is 1. The molecule has 0 radical (unpaired) electrons. The minimum atomic E-state index is -0.339. The summed E-state index contributed by atoms with van der Waals surface area (Å²) in [5, 5.41) is 5.50. The highest BCUT2D eigenvalue weighted by atomic mass is 16.5. The Morgan fingerprint density at radius 2 is 1.64 bits per heavy atom. The summed E-state index contributed by atoms with van der Waals surface area (Å²) in [6.07, 6.45) is 4.43. The zero-order valence-electron chi connectivity index (χ0n) is 18.2. The van der Waals surface area contributed by atoms with Gasteiger partial charge in [0.1, 0.15) is 5.69 Å². The molecule has 1 fully saturated rings. The number of rotatable bonds is 3. The Balaban J connectivity index is 0.000000599. The molecule has 0 bridgehead atoms. The fourth-order valence-corrected chi connectivity index (χ4v) is 2.53. The van der Waals surface area contributed by atoms with Crippen LogP contribution >= 0.6 is 0 Å². The van der Waals surface area contributed by atoms with Crippen molar-refractivity contribution >= 4 is 16.9 Å². The molecule has 2 aromatic heterocycles. The normalized spacial score (nSPS) is 11.8. The molecule has 4 rings (SSSR count). The van der Waals surface area contributed by atoms with E-state index >= 15 is 0 Å². The van der Waals surface area contributed by atoms with Gasteiger partial charge < -0.3 is 4.74 Å². The maximum Gasteiger partial charge on any atom is 0.337 e. The number of fused-ring (bicyclic) bond motifs is 1. The first-order valence-electron chi connectivity index (χ1n) is 10.3. The Hall–Kier alpha value is -2.69. The van der Waals surface area contributed by atoms with Crippen molar-refractivity contribution in [3.63, 3.8) is 0 Å². The quantitative estimate of drug-likeness (QED) is 0.498. The van der Waals surface area contributed by atoms with Crippen LogP contribution in [-0.4, -0.2) is 27.8 Å². The van der Waals surface area contributed by atoms with Crippen molar-refractivity contribution in [3.05, 3.63) is 48.2 Å². The Morgan fingerprint density at radius 1 is 0.964 bits per heavy atom. The molecule has 1 saturated carbocycles. The van der Waals surface area contributed by atoms with E-state index in [1.165, 1.54) is 20.0 Å². The maximum absolute atomic E-state index is 11.6.